The number of hydrogen-bond acceptors (Lipinski definition) is 5. The molecule has 8 heteroatoms. The SMILES string of the molecule is CCN(C(=O)C(C)(C)C(=O)Nc1cccc(C#N)c1)C1CCS(=O)(=O)C1. The lowest BCUT2D eigenvalue weighted by atomic mass is 9.89. The Bertz CT molecular complexity index is 855. The number of sulfone groups is 1. The molecule has 2 amide bonds. The van der Waals surface area contributed by atoms with Crippen molar-refractivity contribution >= 4 is 27.3 Å². The lowest BCUT2D eigenvalue weighted by Gasteiger charge is -2.34. The molecule has 7 nitrogen and oxygen atoms in total. The summed E-state index contributed by atoms with van der Waals surface area (Å²) in [5.74, 6) is -0.906. The first-order valence-corrected chi connectivity index (χ1v) is 10.3. The van der Waals surface area contributed by atoms with Gasteiger partial charge in [0.05, 0.1) is 23.1 Å². The first-order valence-electron chi connectivity index (χ1n) is 8.44. The molecule has 0 spiro atoms. The van der Waals surface area contributed by atoms with Gasteiger partial charge in [-0.2, -0.15) is 5.26 Å². The number of rotatable bonds is 5. The van der Waals surface area contributed by atoms with Crippen LogP contribution in [0.5, 0.6) is 0 Å². The summed E-state index contributed by atoms with van der Waals surface area (Å²) in [6.45, 7) is 5.14. The Balaban J connectivity index is 2.17. The molecular weight excluding hydrogens is 354 g/mol. The molecule has 0 aromatic heterocycles. The van der Waals surface area contributed by atoms with Gasteiger partial charge in [-0.3, -0.25) is 9.59 Å². The fraction of sp³-hybridized carbons (Fsp3) is 0.500. The molecule has 26 heavy (non-hydrogen) atoms. The molecule has 0 bridgehead atoms. The third-order valence-corrected chi connectivity index (χ3v) is 6.35. The minimum Gasteiger partial charge on any atom is -0.338 e. The number of carbonyl (C=O) groups excluding carboxylic acids is 2. The molecule has 0 radical (unpaired) electrons. The molecular formula is C18H23N3O4S. The topological polar surface area (TPSA) is 107 Å². The molecule has 0 aliphatic carbocycles. The van der Waals surface area contributed by atoms with E-state index in [1.54, 1.807) is 25.1 Å². The molecule has 1 aliphatic heterocycles. The molecule has 1 aromatic rings. The van der Waals surface area contributed by atoms with Crippen LogP contribution in [0.4, 0.5) is 5.69 Å². The van der Waals surface area contributed by atoms with Crippen LogP contribution >= 0.6 is 0 Å². The molecule has 1 aromatic carbocycles. The minimum atomic E-state index is -3.13. The number of nitrogens with zero attached hydrogens (tertiary/aromatic N) is 2. The van der Waals surface area contributed by atoms with Gasteiger partial charge in [0.1, 0.15) is 5.41 Å². The van der Waals surface area contributed by atoms with Crippen molar-refractivity contribution in [2.75, 3.05) is 23.4 Å². The fourth-order valence-corrected chi connectivity index (χ4v) is 4.73. The van der Waals surface area contributed by atoms with Gasteiger partial charge < -0.3 is 10.2 Å². The summed E-state index contributed by atoms with van der Waals surface area (Å²) < 4.78 is 23.5. The molecule has 1 unspecified atom stereocenters. The molecule has 1 saturated heterocycles. The van der Waals surface area contributed by atoms with Crippen LogP contribution in [0.15, 0.2) is 24.3 Å². The van der Waals surface area contributed by atoms with Gasteiger partial charge in [0.15, 0.2) is 9.84 Å². The minimum absolute atomic E-state index is 0.0610. The zero-order valence-corrected chi connectivity index (χ0v) is 16.0. The standard InChI is InChI=1S/C18H23N3O4S/c1-4-21(15-8-9-26(24,25)12-15)17(23)18(2,3)16(22)20-14-7-5-6-13(10-14)11-19/h5-7,10,15H,4,8-9,12H2,1-3H3,(H,20,22). The summed E-state index contributed by atoms with van der Waals surface area (Å²) in [7, 11) is -3.13. The molecule has 1 N–H and O–H groups in total. The van der Waals surface area contributed by atoms with Crippen LogP contribution in [0.2, 0.25) is 0 Å². The summed E-state index contributed by atoms with van der Waals surface area (Å²) >= 11 is 0. The summed E-state index contributed by atoms with van der Waals surface area (Å²) in [5, 5.41) is 11.6. The summed E-state index contributed by atoms with van der Waals surface area (Å²) in [6, 6.07) is 8.02. The number of nitriles is 1. The predicted octanol–water partition coefficient (Wildman–Crippen LogP) is 1.56. The highest BCUT2D eigenvalue weighted by Crippen LogP contribution is 2.26. The van der Waals surface area contributed by atoms with Gasteiger partial charge in [0.2, 0.25) is 11.8 Å². The lowest BCUT2D eigenvalue weighted by molar-refractivity contribution is -0.147. The van der Waals surface area contributed by atoms with E-state index in [4.69, 9.17) is 5.26 Å². The van der Waals surface area contributed by atoms with Crippen molar-refractivity contribution in [1.82, 2.24) is 4.90 Å². The predicted molar refractivity (Wildman–Crippen MR) is 98.0 cm³/mol. The van der Waals surface area contributed by atoms with Crippen molar-refractivity contribution in [3.8, 4) is 6.07 Å². The van der Waals surface area contributed by atoms with E-state index in [0.29, 0.717) is 24.2 Å². The number of hydrogen-bond donors (Lipinski definition) is 1. The van der Waals surface area contributed by atoms with E-state index in [9.17, 15) is 18.0 Å². The van der Waals surface area contributed by atoms with E-state index in [1.807, 2.05) is 6.07 Å². The quantitative estimate of drug-likeness (QED) is 0.784. The number of nitrogens with one attached hydrogen (secondary N) is 1. The molecule has 2 rings (SSSR count). The Kier molecular flexibility index (Phi) is 5.71. The maximum Gasteiger partial charge on any atom is 0.239 e. The van der Waals surface area contributed by atoms with Crippen molar-refractivity contribution in [3.05, 3.63) is 29.8 Å². The van der Waals surface area contributed by atoms with Crippen molar-refractivity contribution in [3.63, 3.8) is 0 Å². The van der Waals surface area contributed by atoms with Crippen LogP contribution in [0, 0.1) is 16.7 Å². The highest BCUT2D eigenvalue weighted by molar-refractivity contribution is 7.91. The highest BCUT2D eigenvalue weighted by atomic mass is 32.2. The van der Waals surface area contributed by atoms with E-state index in [-0.39, 0.29) is 11.5 Å². The smallest absolute Gasteiger partial charge is 0.239 e. The van der Waals surface area contributed by atoms with E-state index in [1.165, 1.54) is 24.8 Å². The zero-order chi connectivity index (χ0) is 19.5. The molecule has 1 atom stereocenters. The molecule has 140 valence electrons. The first-order chi connectivity index (χ1) is 12.1. The zero-order valence-electron chi connectivity index (χ0n) is 15.2. The van der Waals surface area contributed by atoms with Gasteiger partial charge >= 0.3 is 0 Å². The molecule has 1 fully saturated rings. The van der Waals surface area contributed by atoms with Crippen LogP contribution in [0.1, 0.15) is 32.8 Å². The number of carbonyl (C=O) groups is 2. The van der Waals surface area contributed by atoms with Crippen LogP contribution in [0.3, 0.4) is 0 Å². The van der Waals surface area contributed by atoms with E-state index < -0.39 is 33.1 Å². The summed E-state index contributed by atoms with van der Waals surface area (Å²) in [6.07, 6.45) is 0.393. The summed E-state index contributed by atoms with van der Waals surface area (Å²) in [4.78, 5) is 27.1. The molecule has 0 saturated carbocycles. The second-order valence-electron chi connectivity index (χ2n) is 6.92. The van der Waals surface area contributed by atoms with Gasteiger partial charge in [-0.1, -0.05) is 6.07 Å². The van der Waals surface area contributed by atoms with E-state index >= 15 is 0 Å². The van der Waals surface area contributed by atoms with Crippen molar-refractivity contribution in [2.24, 2.45) is 5.41 Å². The fourth-order valence-electron chi connectivity index (χ4n) is 3.00. The maximum absolute atomic E-state index is 13.0. The average molecular weight is 377 g/mol. The van der Waals surface area contributed by atoms with Crippen LogP contribution < -0.4 is 5.32 Å². The van der Waals surface area contributed by atoms with Gasteiger partial charge in [0, 0.05) is 18.3 Å². The van der Waals surface area contributed by atoms with Crippen molar-refractivity contribution in [1.29, 1.82) is 5.26 Å². The Hall–Kier alpha value is -2.40. The monoisotopic (exact) mass is 377 g/mol. The Morgan fingerprint density at radius 2 is 2.08 bits per heavy atom. The van der Waals surface area contributed by atoms with Crippen LogP contribution in [0.25, 0.3) is 0 Å². The third kappa shape index (κ3) is 4.22. The Labute approximate surface area is 153 Å². The van der Waals surface area contributed by atoms with E-state index in [2.05, 4.69) is 5.32 Å². The largest absolute Gasteiger partial charge is 0.338 e. The van der Waals surface area contributed by atoms with Crippen LogP contribution in [-0.2, 0) is 19.4 Å². The second kappa shape index (κ2) is 7.46. The van der Waals surface area contributed by atoms with Crippen molar-refractivity contribution < 1.29 is 18.0 Å². The molecule has 1 heterocycles. The second-order valence-corrected chi connectivity index (χ2v) is 9.15. The Morgan fingerprint density at radius 1 is 1.38 bits per heavy atom. The van der Waals surface area contributed by atoms with Gasteiger partial charge in [-0.25, -0.2) is 8.42 Å². The normalized spacial score (nSPS) is 18.8. The highest BCUT2D eigenvalue weighted by Gasteiger charge is 2.43. The van der Waals surface area contributed by atoms with Gasteiger partial charge in [-0.05, 0) is 45.4 Å². The van der Waals surface area contributed by atoms with E-state index in [0.717, 1.165) is 0 Å². The lowest BCUT2D eigenvalue weighted by Crippen LogP contribution is -2.51. The van der Waals surface area contributed by atoms with Crippen LogP contribution in [-0.4, -0.2) is 49.2 Å². The third-order valence-electron chi connectivity index (χ3n) is 4.60. The van der Waals surface area contributed by atoms with Crippen molar-refractivity contribution in [2.45, 2.75) is 33.2 Å². The number of benzene rings is 1. The van der Waals surface area contributed by atoms with Gasteiger partial charge in [0.25, 0.3) is 0 Å². The maximum atomic E-state index is 13.0. The number of amides is 2. The number of anilines is 1. The summed E-state index contributed by atoms with van der Waals surface area (Å²) in [5.41, 5.74) is -0.537. The average Bonchev–Trinajstić information content (AvgIpc) is 2.95. The Morgan fingerprint density at radius 3 is 2.62 bits per heavy atom. The first kappa shape index (κ1) is 19.9. The van der Waals surface area contributed by atoms with Gasteiger partial charge in [-0.15, -0.1) is 0 Å². The molecule has 1 aliphatic rings.